The topological polar surface area (TPSA) is 78.7 Å². The normalized spacial score (nSPS) is 11.2. The number of halogens is 1. The third kappa shape index (κ3) is 2.16. The summed E-state index contributed by atoms with van der Waals surface area (Å²) in [5.74, 6) is 0.500. The van der Waals surface area contributed by atoms with Crippen LogP contribution in [0.4, 0.5) is 10.3 Å². The first kappa shape index (κ1) is 13.3. The van der Waals surface area contributed by atoms with E-state index in [2.05, 4.69) is 9.97 Å². The summed E-state index contributed by atoms with van der Waals surface area (Å²) in [5.41, 5.74) is 7.07. The smallest absolute Gasteiger partial charge is 0.282 e. The zero-order chi connectivity index (χ0) is 15.1. The Labute approximate surface area is 119 Å². The van der Waals surface area contributed by atoms with Crippen molar-refractivity contribution in [3.05, 3.63) is 51.8 Å². The Morgan fingerprint density at radius 2 is 1.90 bits per heavy atom. The van der Waals surface area contributed by atoms with E-state index in [0.717, 1.165) is 5.56 Å². The maximum Gasteiger partial charge on any atom is 0.282 e. The molecule has 0 unspecified atom stereocenters. The number of hydrogen-bond acceptors (Lipinski definition) is 4. The van der Waals surface area contributed by atoms with E-state index in [4.69, 9.17) is 5.73 Å². The summed E-state index contributed by atoms with van der Waals surface area (Å²) in [5, 5.41) is 0. The van der Waals surface area contributed by atoms with Gasteiger partial charge < -0.3 is 10.3 Å². The molecule has 2 heterocycles. The Morgan fingerprint density at radius 3 is 2.57 bits per heavy atom. The molecule has 0 aliphatic carbocycles. The van der Waals surface area contributed by atoms with Crippen LogP contribution in [0.1, 0.15) is 11.4 Å². The second-order valence-corrected chi connectivity index (χ2v) is 4.88. The predicted molar refractivity (Wildman–Crippen MR) is 77.4 cm³/mol. The van der Waals surface area contributed by atoms with Crippen molar-refractivity contribution in [3.8, 4) is 0 Å². The molecule has 0 spiro atoms. The average molecular weight is 287 g/mol. The largest absolute Gasteiger partial charge is 0.369 e. The molecule has 3 aromatic rings. The highest BCUT2D eigenvalue weighted by atomic mass is 19.1. The quantitative estimate of drug-likeness (QED) is 0.768. The number of aromatic nitrogens is 4. The molecule has 0 saturated heterocycles. The van der Waals surface area contributed by atoms with E-state index in [1.165, 1.54) is 16.7 Å². The van der Waals surface area contributed by atoms with Gasteiger partial charge in [0.1, 0.15) is 11.6 Å². The lowest BCUT2D eigenvalue weighted by atomic mass is 10.2. The lowest BCUT2D eigenvalue weighted by Crippen LogP contribution is -2.22. The summed E-state index contributed by atoms with van der Waals surface area (Å²) in [4.78, 5) is 20.6. The lowest BCUT2D eigenvalue weighted by molar-refractivity contribution is 0.626. The third-order valence-corrected chi connectivity index (χ3v) is 3.46. The maximum absolute atomic E-state index is 13.0. The molecule has 0 bridgehead atoms. The molecule has 3 rings (SSSR count). The van der Waals surface area contributed by atoms with Gasteiger partial charge in [0, 0.05) is 7.05 Å². The fourth-order valence-corrected chi connectivity index (χ4v) is 2.22. The number of nitrogens with two attached hydrogens (primary N) is 1. The van der Waals surface area contributed by atoms with Crippen molar-refractivity contribution >= 4 is 17.1 Å². The van der Waals surface area contributed by atoms with Gasteiger partial charge in [-0.15, -0.1) is 0 Å². The number of imidazole rings is 1. The van der Waals surface area contributed by atoms with Gasteiger partial charge in [0.2, 0.25) is 5.95 Å². The van der Waals surface area contributed by atoms with Crippen LogP contribution in [-0.4, -0.2) is 19.1 Å². The van der Waals surface area contributed by atoms with Crippen molar-refractivity contribution in [1.29, 1.82) is 0 Å². The van der Waals surface area contributed by atoms with Gasteiger partial charge in [0.05, 0.1) is 6.54 Å². The van der Waals surface area contributed by atoms with Crippen LogP contribution in [0.5, 0.6) is 0 Å². The Hall–Kier alpha value is -2.70. The second kappa shape index (κ2) is 4.69. The van der Waals surface area contributed by atoms with Crippen LogP contribution in [0, 0.1) is 12.7 Å². The first-order chi connectivity index (χ1) is 9.97. The molecule has 0 radical (unpaired) electrons. The van der Waals surface area contributed by atoms with Gasteiger partial charge in [-0.1, -0.05) is 12.1 Å². The molecule has 2 N–H and O–H groups in total. The van der Waals surface area contributed by atoms with E-state index in [-0.39, 0.29) is 22.8 Å². The molecule has 0 fully saturated rings. The molecule has 0 aliphatic rings. The van der Waals surface area contributed by atoms with Gasteiger partial charge >= 0.3 is 0 Å². The average Bonchev–Trinajstić information content (AvgIpc) is 2.76. The Bertz CT molecular complexity index is 879. The lowest BCUT2D eigenvalue weighted by Gasteiger charge is -2.07. The van der Waals surface area contributed by atoms with E-state index >= 15 is 0 Å². The van der Waals surface area contributed by atoms with Crippen LogP contribution >= 0.6 is 0 Å². The molecule has 0 amide bonds. The Balaban J connectivity index is 2.16. The standard InChI is InChI=1S/C14H14FN5O/c1-8-17-11-12(18-14(16)19(2)13(11)21)20(8)7-9-3-5-10(15)6-4-9/h3-6H,7H2,1-2H3,(H2,16,18). The summed E-state index contributed by atoms with van der Waals surface area (Å²) in [6, 6.07) is 6.16. The highest BCUT2D eigenvalue weighted by Gasteiger charge is 2.15. The fourth-order valence-electron chi connectivity index (χ4n) is 2.22. The van der Waals surface area contributed by atoms with Gasteiger partial charge in [0.15, 0.2) is 11.2 Å². The van der Waals surface area contributed by atoms with Crippen LogP contribution in [-0.2, 0) is 13.6 Å². The van der Waals surface area contributed by atoms with E-state index in [1.54, 1.807) is 30.7 Å². The van der Waals surface area contributed by atoms with Gasteiger partial charge in [-0.25, -0.2) is 9.37 Å². The number of nitrogen functional groups attached to an aromatic ring is 1. The minimum Gasteiger partial charge on any atom is -0.369 e. The predicted octanol–water partition coefficient (Wildman–Crippen LogP) is 1.21. The SMILES string of the molecule is Cc1nc2c(=O)n(C)c(N)nc2n1Cc1ccc(F)cc1. The molecule has 0 atom stereocenters. The van der Waals surface area contributed by atoms with Crippen molar-refractivity contribution < 1.29 is 4.39 Å². The van der Waals surface area contributed by atoms with Crippen molar-refractivity contribution in [2.45, 2.75) is 13.5 Å². The van der Waals surface area contributed by atoms with Gasteiger partial charge in [-0.05, 0) is 24.6 Å². The minimum atomic E-state index is -0.290. The zero-order valence-corrected chi connectivity index (χ0v) is 11.7. The third-order valence-electron chi connectivity index (χ3n) is 3.46. The Kier molecular flexibility index (Phi) is 2.97. The first-order valence-electron chi connectivity index (χ1n) is 6.41. The molecular weight excluding hydrogens is 273 g/mol. The van der Waals surface area contributed by atoms with Crippen molar-refractivity contribution in [1.82, 2.24) is 19.1 Å². The van der Waals surface area contributed by atoms with Crippen LogP contribution in [0.15, 0.2) is 29.1 Å². The van der Waals surface area contributed by atoms with Crippen molar-refractivity contribution in [2.75, 3.05) is 5.73 Å². The van der Waals surface area contributed by atoms with Crippen LogP contribution in [0.2, 0.25) is 0 Å². The number of benzene rings is 1. The molecular formula is C14H14FN5O. The van der Waals surface area contributed by atoms with Crippen LogP contribution < -0.4 is 11.3 Å². The number of rotatable bonds is 2. The van der Waals surface area contributed by atoms with Crippen LogP contribution in [0.25, 0.3) is 11.2 Å². The van der Waals surface area contributed by atoms with E-state index in [1.807, 2.05) is 0 Å². The Morgan fingerprint density at radius 1 is 1.24 bits per heavy atom. The zero-order valence-electron chi connectivity index (χ0n) is 11.7. The minimum absolute atomic E-state index is 0.132. The first-order valence-corrected chi connectivity index (χ1v) is 6.41. The number of anilines is 1. The summed E-state index contributed by atoms with van der Waals surface area (Å²) >= 11 is 0. The van der Waals surface area contributed by atoms with Crippen LogP contribution in [0.3, 0.4) is 0 Å². The number of fused-ring (bicyclic) bond motifs is 1. The number of nitrogens with zero attached hydrogens (tertiary/aromatic N) is 4. The molecule has 1 aromatic carbocycles. The number of hydrogen-bond donors (Lipinski definition) is 1. The van der Waals surface area contributed by atoms with E-state index < -0.39 is 0 Å². The summed E-state index contributed by atoms with van der Waals surface area (Å²) in [7, 11) is 1.55. The summed E-state index contributed by atoms with van der Waals surface area (Å²) < 4.78 is 16.0. The second-order valence-electron chi connectivity index (χ2n) is 4.88. The molecule has 2 aromatic heterocycles. The van der Waals surface area contributed by atoms with Crippen molar-refractivity contribution in [2.24, 2.45) is 7.05 Å². The van der Waals surface area contributed by atoms with Gasteiger partial charge in [-0.3, -0.25) is 9.36 Å². The molecule has 21 heavy (non-hydrogen) atoms. The van der Waals surface area contributed by atoms with E-state index in [0.29, 0.717) is 18.0 Å². The molecule has 0 aliphatic heterocycles. The van der Waals surface area contributed by atoms with Crippen molar-refractivity contribution in [3.63, 3.8) is 0 Å². The molecule has 108 valence electrons. The molecule has 0 saturated carbocycles. The molecule has 6 nitrogen and oxygen atoms in total. The highest BCUT2D eigenvalue weighted by molar-refractivity contribution is 5.71. The maximum atomic E-state index is 13.0. The summed E-state index contributed by atoms with van der Waals surface area (Å²) in [6.45, 7) is 2.24. The number of aryl methyl sites for hydroxylation is 1. The fraction of sp³-hybridized carbons (Fsp3) is 0.214. The van der Waals surface area contributed by atoms with Gasteiger partial charge in [-0.2, -0.15) is 4.98 Å². The monoisotopic (exact) mass is 287 g/mol. The van der Waals surface area contributed by atoms with E-state index in [9.17, 15) is 9.18 Å². The highest BCUT2D eigenvalue weighted by Crippen LogP contribution is 2.14. The molecule has 7 heteroatoms. The summed E-state index contributed by atoms with van der Waals surface area (Å²) in [6.07, 6.45) is 0. The van der Waals surface area contributed by atoms with Gasteiger partial charge in [0.25, 0.3) is 5.56 Å².